The van der Waals surface area contributed by atoms with Gasteiger partial charge in [-0.05, 0) is 108 Å². The van der Waals surface area contributed by atoms with Gasteiger partial charge in [0.25, 0.3) is 5.91 Å². The van der Waals surface area contributed by atoms with E-state index in [1.165, 1.54) is 7.11 Å². The number of nitrogens with one attached hydrogen (secondary N) is 3. The summed E-state index contributed by atoms with van der Waals surface area (Å²) in [6.07, 6.45) is 2.02. The lowest BCUT2D eigenvalue weighted by Crippen LogP contribution is -2.42. The van der Waals surface area contributed by atoms with Gasteiger partial charge in [0.05, 0.1) is 18.5 Å². The first kappa shape index (κ1) is 36.0. The molecule has 0 bridgehead atoms. The minimum absolute atomic E-state index is 0.103. The fourth-order valence-electron chi connectivity index (χ4n) is 7.38. The Bertz CT molecular complexity index is 2190. The molecule has 0 fully saturated rings. The Morgan fingerprint density at radius 1 is 0.778 bits per heavy atom. The number of unbranched alkanes of at least 4 members (excludes halogenated alkanes) is 1. The SMILES string of the molecule is COC(=O)[C@H](CCCCNC(=O)c1ccc2c(c1)C(=O)c1ccc(Nc3ccccc3N)cc1CC2)NC(=O)OCC1c2ccccc2-c2ccccc21. The van der Waals surface area contributed by atoms with Crippen molar-refractivity contribution in [2.24, 2.45) is 0 Å². The van der Waals surface area contributed by atoms with Gasteiger partial charge in [-0.3, -0.25) is 9.59 Å². The number of fused-ring (bicyclic) bond motifs is 5. The molecule has 2 aliphatic rings. The van der Waals surface area contributed by atoms with Crippen molar-refractivity contribution < 1.29 is 28.7 Å². The molecule has 5 aromatic rings. The van der Waals surface area contributed by atoms with Crippen LogP contribution in [0.5, 0.6) is 0 Å². The van der Waals surface area contributed by atoms with Gasteiger partial charge in [-0.15, -0.1) is 0 Å². The topological polar surface area (TPSA) is 149 Å². The Balaban J connectivity index is 0.900. The maximum Gasteiger partial charge on any atom is 0.407 e. The summed E-state index contributed by atoms with van der Waals surface area (Å²) in [5, 5.41) is 8.92. The van der Waals surface area contributed by atoms with E-state index in [0.717, 1.165) is 44.8 Å². The van der Waals surface area contributed by atoms with Crippen LogP contribution in [0.3, 0.4) is 0 Å². The molecule has 0 radical (unpaired) electrons. The number of aryl methyl sites for hydroxylation is 2. The standard InChI is InChI=1S/C44H42N4O6/c1-53-43(51)40(48-44(52)54-26-37-34-12-4-2-10-32(34)33-11-3-5-13-35(33)37)16-8-9-23-46-42(50)29-20-18-27-17-19-28-24-30(47-39-15-7-6-14-38(39)45)21-22-31(28)41(49)36(27)25-29/h2-7,10-15,18,20-22,24-25,37,40,47H,8-9,16-17,19,23,26,45H2,1H3,(H,46,50)(H,48,52)/t40-/m0/s1. The molecule has 0 aromatic heterocycles. The van der Waals surface area contributed by atoms with Gasteiger partial charge in [-0.1, -0.05) is 66.7 Å². The molecule has 0 saturated heterocycles. The number of nitrogens with two attached hydrogens (primary N) is 1. The molecule has 0 spiro atoms. The van der Waals surface area contributed by atoms with Gasteiger partial charge in [0.1, 0.15) is 12.6 Å². The van der Waals surface area contributed by atoms with Crippen LogP contribution in [0.4, 0.5) is 21.9 Å². The Labute approximate surface area is 314 Å². The van der Waals surface area contributed by atoms with E-state index in [-0.39, 0.29) is 24.2 Å². The highest BCUT2D eigenvalue weighted by Crippen LogP contribution is 2.44. The van der Waals surface area contributed by atoms with Crippen molar-refractivity contribution in [3.63, 3.8) is 0 Å². The van der Waals surface area contributed by atoms with Crippen LogP contribution in [0.25, 0.3) is 11.1 Å². The Morgan fingerprint density at radius 2 is 1.48 bits per heavy atom. The van der Waals surface area contributed by atoms with E-state index in [9.17, 15) is 19.2 Å². The number of carbonyl (C=O) groups is 4. The maximum absolute atomic E-state index is 13.7. The number of amides is 2. The van der Waals surface area contributed by atoms with Crippen LogP contribution in [0, 0.1) is 0 Å². The van der Waals surface area contributed by atoms with Crippen molar-refractivity contribution in [2.45, 2.75) is 44.1 Å². The third-order valence-corrected chi connectivity index (χ3v) is 10.2. The second kappa shape index (κ2) is 16.1. The highest BCUT2D eigenvalue weighted by molar-refractivity contribution is 6.12. The van der Waals surface area contributed by atoms with Gasteiger partial charge in [-0.25, -0.2) is 9.59 Å². The highest BCUT2D eigenvalue weighted by atomic mass is 16.6. The van der Waals surface area contributed by atoms with Gasteiger partial charge >= 0.3 is 12.1 Å². The molecular weight excluding hydrogens is 681 g/mol. The van der Waals surface area contributed by atoms with Crippen molar-refractivity contribution in [1.82, 2.24) is 10.6 Å². The molecule has 1 atom stereocenters. The lowest BCUT2D eigenvalue weighted by Gasteiger charge is -2.18. The van der Waals surface area contributed by atoms with E-state index in [1.807, 2.05) is 84.9 Å². The zero-order valence-corrected chi connectivity index (χ0v) is 30.0. The number of carbonyl (C=O) groups excluding carboxylic acids is 4. The molecule has 5 N–H and O–H groups in total. The highest BCUT2D eigenvalue weighted by Gasteiger charge is 2.30. The van der Waals surface area contributed by atoms with E-state index >= 15 is 0 Å². The number of benzene rings is 5. The number of esters is 1. The fraction of sp³-hybridized carbons (Fsp3) is 0.227. The second-order valence-corrected chi connectivity index (χ2v) is 13.6. The van der Waals surface area contributed by atoms with Crippen LogP contribution in [-0.4, -0.2) is 50.1 Å². The zero-order valence-electron chi connectivity index (χ0n) is 30.0. The second-order valence-electron chi connectivity index (χ2n) is 13.6. The third kappa shape index (κ3) is 7.68. The molecule has 0 saturated carbocycles. The molecule has 10 heteroatoms. The quantitative estimate of drug-likeness (QED) is 0.0595. The Kier molecular flexibility index (Phi) is 10.7. The number of hydrogen-bond acceptors (Lipinski definition) is 8. The van der Waals surface area contributed by atoms with Gasteiger partial charge in [-0.2, -0.15) is 0 Å². The van der Waals surface area contributed by atoms with Gasteiger partial charge in [0.2, 0.25) is 0 Å². The summed E-state index contributed by atoms with van der Waals surface area (Å²) in [4.78, 5) is 52.3. The number of nitrogen functional groups attached to an aromatic ring is 1. The van der Waals surface area contributed by atoms with Crippen LogP contribution in [0.2, 0.25) is 0 Å². The Hall–Kier alpha value is -6.42. The maximum atomic E-state index is 13.7. The summed E-state index contributed by atoms with van der Waals surface area (Å²) in [7, 11) is 1.27. The third-order valence-electron chi connectivity index (χ3n) is 10.2. The number of ether oxygens (including phenoxy) is 2. The first-order valence-corrected chi connectivity index (χ1v) is 18.2. The van der Waals surface area contributed by atoms with Crippen LogP contribution in [0.1, 0.15) is 73.7 Å². The van der Waals surface area contributed by atoms with Crippen LogP contribution in [-0.2, 0) is 27.1 Å². The number of rotatable bonds is 12. The summed E-state index contributed by atoms with van der Waals surface area (Å²) in [6.45, 7) is 0.469. The number of anilines is 3. The summed E-state index contributed by atoms with van der Waals surface area (Å²) >= 11 is 0. The van der Waals surface area contributed by atoms with E-state index < -0.39 is 18.1 Å². The zero-order chi connectivity index (χ0) is 37.6. The predicted octanol–water partition coefficient (Wildman–Crippen LogP) is 7.32. The molecule has 54 heavy (non-hydrogen) atoms. The van der Waals surface area contributed by atoms with Crippen molar-refractivity contribution >= 4 is 40.8 Å². The van der Waals surface area contributed by atoms with Crippen LogP contribution >= 0.6 is 0 Å². The number of hydrogen-bond donors (Lipinski definition) is 4. The predicted molar refractivity (Wildman–Crippen MR) is 208 cm³/mol. The normalized spacial score (nSPS) is 13.3. The summed E-state index contributed by atoms with van der Waals surface area (Å²) in [5.41, 5.74) is 16.2. The van der Waals surface area contributed by atoms with Crippen LogP contribution in [0.15, 0.2) is 109 Å². The molecule has 2 aliphatic carbocycles. The summed E-state index contributed by atoms with van der Waals surface area (Å²) < 4.78 is 10.6. The van der Waals surface area contributed by atoms with E-state index in [0.29, 0.717) is 61.0 Å². The van der Waals surface area contributed by atoms with Crippen LogP contribution < -0.4 is 21.7 Å². The minimum Gasteiger partial charge on any atom is -0.467 e. The average molecular weight is 723 g/mol. The van der Waals surface area contributed by atoms with Crippen molar-refractivity contribution in [1.29, 1.82) is 0 Å². The molecule has 10 nitrogen and oxygen atoms in total. The number of alkyl carbamates (subject to hydrolysis) is 1. The molecule has 2 amide bonds. The minimum atomic E-state index is -0.900. The van der Waals surface area contributed by atoms with E-state index in [1.54, 1.807) is 12.1 Å². The first-order valence-electron chi connectivity index (χ1n) is 18.2. The monoisotopic (exact) mass is 722 g/mol. The summed E-state index contributed by atoms with van der Waals surface area (Å²) in [6, 6.07) is 33.7. The van der Waals surface area contributed by atoms with Crippen molar-refractivity contribution in [3.8, 4) is 11.1 Å². The van der Waals surface area contributed by atoms with Gasteiger partial charge < -0.3 is 31.2 Å². The number of para-hydroxylation sites is 2. The van der Waals surface area contributed by atoms with Gasteiger partial charge in [0.15, 0.2) is 5.78 Å². The molecule has 0 aliphatic heterocycles. The van der Waals surface area contributed by atoms with E-state index in [4.69, 9.17) is 15.2 Å². The van der Waals surface area contributed by atoms with E-state index in [2.05, 4.69) is 28.1 Å². The molecule has 274 valence electrons. The first-order chi connectivity index (χ1) is 26.3. The molecule has 0 heterocycles. The summed E-state index contributed by atoms with van der Waals surface area (Å²) in [5.74, 6) is -1.09. The molecule has 7 rings (SSSR count). The average Bonchev–Trinajstić information content (AvgIpc) is 3.44. The Morgan fingerprint density at radius 3 is 2.22 bits per heavy atom. The lowest BCUT2D eigenvalue weighted by atomic mass is 9.96. The molecule has 5 aromatic carbocycles. The number of ketones is 1. The van der Waals surface area contributed by atoms with Crippen molar-refractivity contribution in [2.75, 3.05) is 31.3 Å². The number of methoxy groups -OCH3 is 1. The molecule has 0 unspecified atom stereocenters. The smallest absolute Gasteiger partial charge is 0.407 e. The largest absolute Gasteiger partial charge is 0.467 e. The lowest BCUT2D eigenvalue weighted by molar-refractivity contribution is -0.143. The molecular formula is C44H42N4O6. The van der Waals surface area contributed by atoms with Gasteiger partial charge in [0, 0.05) is 34.8 Å². The van der Waals surface area contributed by atoms with Crippen molar-refractivity contribution in [3.05, 3.63) is 148 Å². The fourth-order valence-corrected chi connectivity index (χ4v) is 7.38.